The summed E-state index contributed by atoms with van der Waals surface area (Å²) in [7, 11) is 0. The molecule has 2 atom stereocenters. The van der Waals surface area contributed by atoms with Crippen LogP contribution in [0, 0.1) is 5.92 Å². The largest absolute Gasteiger partial charge is 0.481 e. The van der Waals surface area contributed by atoms with E-state index in [1.54, 1.807) is 13.8 Å². The smallest absolute Gasteiger partial charge is 0.407 e. The molecule has 1 saturated carbocycles. The standard InChI is InChI=1S/C27H32N2O5/c1-27(2,15-24(30)28-18-12-11-17(13-18)14-25(31)32)29-26(33)34-16-23-21-9-5-3-7-19(21)20-8-4-6-10-22(20)23/h3-10,17-18,23H,11-16H2,1-2H3,(H,28,30)(H,29,33)(H,31,32). The van der Waals surface area contributed by atoms with Crippen LogP contribution in [0.5, 0.6) is 0 Å². The van der Waals surface area contributed by atoms with Crippen molar-refractivity contribution in [2.45, 2.75) is 63.5 Å². The van der Waals surface area contributed by atoms with Crippen molar-refractivity contribution < 1.29 is 24.2 Å². The molecule has 0 aromatic heterocycles. The van der Waals surface area contributed by atoms with Gasteiger partial charge in [0.15, 0.2) is 0 Å². The van der Waals surface area contributed by atoms with Gasteiger partial charge in [-0.3, -0.25) is 9.59 Å². The average molecular weight is 465 g/mol. The number of carboxylic acids is 1. The summed E-state index contributed by atoms with van der Waals surface area (Å²) in [6, 6.07) is 16.3. The highest BCUT2D eigenvalue weighted by atomic mass is 16.5. The van der Waals surface area contributed by atoms with Crippen molar-refractivity contribution in [2.75, 3.05) is 6.61 Å². The third-order valence-electron chi connectivity index (χ3n) is 6.76. The number of amides is 2. The zero-order valence-corrected chi connectivity index (χ0v) is 19.7. The molecule has 2 amide bonds. The summed E-state index contributed by atoms with van der Waals surface area (Å²) in [5.74, 6) is -0.879. The molecule has 0 radical (unpaired) electrons. The maximum Gasteiger partial charge on any atom is 0.407 e. The second-order valence-electron chi connectivity index (χ2n) is 10.1. The number of carbonyl (C=O) groups excluding carboxylic acids is 2. The molecule has 1 fully saturated rings. The number of alkyl carbamates (subject to hydrolysis) is 1. The van der Waals surface area contributed by atoms with Crippen LogP contribution in [0.25, 0.3) is 11.1 Å². The van der Waals surface area contributed by atoms with E-state index in [1.165, 1.54) is 11.1 Å². The van der Waals surface area contributed by atoms with Crippen molar-refractivity contribution >= 4 is 18.0 Å². The van der Waals surface area contributed by atoms with Crippen LogP contribution in [0.15, 0.2) is 48.5 Å². The number of hydrogen-bond acceptors (Lipinski definition) is 4. The van der Waals surface area contributed by atoms with Gasteiger partial charge in [0.25, 0.3) is 0 Å². The lowest BCUT2D eigenvalue weighted by Gasteiger charge is -2.26. The minimum absolute atomic E-state index is 0.0119. The van der Waals surface area contributed by atoms with Gasteiger partial charge in [0.05, 0.1) is 0 Å². The molecule has 2 aliphatic rings. The van der Waals surface area contributed by atoms with Gasteiger partial charge in [0.2, 0.25) is 5.91 Å². The van der Waals surface area contributed by atoms with Crippen LogP contribution in [0.4, 0.5) is 4.79 Å². The lowest BCUT2D eigenvalue weighted by Crippen LogP contribution is -2.48. The summed E-state index contributed by atoms with van der Waals surface area (Å²) < 4.78 is 5.60. The molecule has 0 bridgehead atoms. The van der Waals surface area contributed by atoms with Crippen molar-refractivity contribution in [2.24, 2.45) is 5.92 Å². The Kier molecular flexibility index (Phi) is 6.91. The Morgan fingerprint density at radius 1 is 1.00 bits per heavy atom. The quantitative estimate of drug-likeness (QED) is 0.535. The number of benzene rings is 2. The van der Waals surface area contributed by atoms with Gasteiger partial charge in [-0.15, -0.1) is 0 Å². The Balaban J connectivity index is 1.27. The molecular weight excluding hydrogens is 432 g/mol. The predicted octanol–water partition coefficient (Wildman–Crippen LogP) is 4.45. The number of aliphatic carboxylic acids is 1. The molecular formula is C27H32N2O5. The molecule has 2 aliphatic carbocycles. The molecule has 0 saturated heterocycles. The van der Waals surface area contributed by atoms with Gasteiger partial charge >= 0.3 is 12.1 Å². The summed E-state index contributed by atoms with van der Waals surface area (Å²) in [5, 5.41) is 14.8. The van der Waals surface area contributed by atoms with Gasteiger partial charge in [-0.05, 0) is 61.3 Å². The number of hydrogen-bond donors (Lipinski definition) is 3. The van der Waals surface area contributed by atoms with Crippen LogP contribution < -0.4 is 10.6 Å². The van der Waals surface area contributed by atoms with Gasteiger partial charge in [0, 0.05) is 30.3 Å². The number of carboxylic acid groups (broad SMARTS) is 1. The minimum Gasteiger partial charge on any atom is -0.481 e. The van der Waals surface area contributed by atoms with Crippen LogP contribution in [0.1, 0.15) is 63.0 Å². The summed E-state index contributed by atoms with van der Waals surface area (Å²) in [5.41, 5.74) is 3.84. The summed E-state index contributed by atoms with van der Waals surface area (Å²) in [6.45, 7) is 3.79. The Bertz CT molecular complexity index is 1030. The monoisotopic (exact) mass is 464 g/mol. The fraction of sp³-hybridized carbons (Fsp3) is 0.444. The molecule has 180 valence electrons. The Labute approximate surface area is 199 Å². The van der Waals surface area contributed by atoms with Gasteiger partial charge < -0.3 is 20.5 Å². The maximum atomic E-state index is 12.6. The zero-order chi connectivity index (χ0) is 24.3. The van der Waals surface area contributed by atoms with E-state index in [2.05, 4.69) is 34.9 Å². The maximum absolute atomic E-state index is 12.6. The van der Waals surface area contributed by atoms with Crippen LogP contribution in [0.3, 0.4) is 0 Å². The topological polar surface area (TPSA) is 105 Å². The molecule has 0 aliphatic heterocycles. The van der Waals surface area contributed by atoms with Gasteiger partial charge in [-0.25, -0.2) is 4.79 Å². The molecule has 2 aromatic rings. The fourth-order valence-electron chi connectivity index (χ4n) is 5.27. The Morgan fingerprint density at radius 2 is 1.62 bits per heavy atom. The molecule has 34 heavy (non-hydrogen) atoms. The second-order valence-corrected chi connectivity index (χ2v) is 10.1. The van der Waals surface area contributed by atoms with E-state index in [1.807, 2.05) is 24.3 Å². The van der Waals surface area contributed by atoms with Gasteiger partial charge in [0.1, 0.15) is 6.61 Å². The highest BCUT2D eigenvalue weighted by Gasteiger charge is 2.32. The summed E-state index contributed by atoms with van der Waals surface area (Å²) >= 11 is 0. The third-order valence-corrected chi connectivity index (χ3v) is 6.76. The predicted molar refractivity (Wildman–Crippen MR) is 128 cm³/mol. The van der Waals surface area contributed by atoms with Crippen molar-refractivity contribution in [3.8, 4) is 11.1 Å². The number of fused-ring (bicyclic) bond motifs is 3. The molecule has 7 nitrogen and oxygen atoms in total. The highest BCUT2D eigenvalue weighted by molar-refractivity contribution is 5.80. The van der Waals surface area contributed by atoms with E-state index in [0.29, 0.717) is 6.42 Å². The number of ether oxygens (including phenoxy) is 1. The van der Waals surface area contributed by atoms with E-state index in [0.717, 1.165) is 24.0 Å². The average Bonchev–Trinajstić information content (AvgIpc) is 3.32. The lowest BCUT2D eigenvalue weighted by atomic mass is 9.98. The molecule has 4 rings (SSSR count). The second kappa shape index (κ2) is 9.87. The lowest BCUT2D eigenvalue weighted by molar-refractivity contribution is -0.138. The first-order valence-corrected chi connectivity index (χ1v) is 11.9. The van der Waals surface area contributed by atoms with Gasteiger partial charge in [-0.2, -0.15) is 0 Å². The Hall–Kier alpha value is -3.35. The van der Waals surface area contributed by atoms with Crippen LogP contribution in [-0.2, 0) is 14.3 Å². The van der Waals surface area contributed by atoms with E-state index in [4.69, 9.17) is 9.84 Å². The van der Waals surface area contributed by atoms with E-state index in [-0.39, 0.29) is 43.2 Å². The normalized spacial score (nSPS) is 19.2. The van der Waals surface area contributed by atoms with E-state index >= 15 is 0 Å². The number of carbonyl (C=O) groups is 3. The first kappa shape index (κ1) is 23.8. The summed E-state index contributed by atoms with van der Waals surface area (Å²) in [4.78, 5) is 36.0. The van der Waals surface area contributed by atoms with Gasteiger partial charge in [-0.1, -0.05) is 48.5 Å². The van der Waals surface area contributed by atoms with E-state index in [9.17, 15) is 14.4 Å². The fourth-order valence-corrected chi connectivity index (χ4v) is 5.27. The highest BCUT2D eigenvalue weighted by Crippen LogP contribution is 2.44. The first-order chi connectivity index (χ1) is 16.2. The zero-order valence-electron chi connectivity index (χ0n) is 19.7. The van der Waals surface area contributed by atoms with E-state index < -0.39 is 17.6 Å². The SMILES string of the molecule is CC(C)(CC(=O)NC1CCC(CC(=O)O)C1)NC(=O)OCC1c2ccccc2-c2ccccc21. The van der Waals surface area contributed by atoms with Crippen molar-refractivity contribution in [3.63, 3.8) is 0 Å². The molecule has 0 spiro atoms. The molecule has 2 aromatic carbocycles. The van der Waals surface area contributed by atoms with Crippen molar-refractivity contribution in [1.82, 2.24) is 10.6 Å². The number of rotatable bonds is 8. The van der Waals surface area contributed by atoms with Crippen LogP contribution in [0.2, 0.25) is 0 Å². The molecule has 2 unspecified atom stereocenters. The van der Waals surface area contributed by atoms with Crippen molar-refractivity contribution in [3.05, 3.63) is 59.7 Å². The van der Waals surface area contributed by atoms with Crippen LogP contribution >= 0.6 is 0 Å². The summed E-state index contributed by atoms with van der Waals surface area (Å²) in [6.07, 6.45) is 1.96. The number of nitrogens with one attached hydrogen (secondary N) is 2. The van der Waals surface area contributed by atoms with Crippen molar-refractivity contribution in [1.29, 1.82) is 0 Å². The molecule has 3 N–H and O–H groups in total. The minimum atomic E-state index is -0.801. The Morgan fingerprint density at radius 3 is 2.24 bits per heavy atom. The molecule has 0 heterocycles. The molecule has 7 heteroatoms. The third kappa shape index (κ3) is 5.58. The first-order valence-electron chi connectivity index (χ1n) is 11.9. The van der Waals surface area contributed by atoms with Crippen LogP contribution in [-0.4, -0.2) is 41.3 Å².